The second-order valence-corrected chi connectivity index (χ2v) is 9.83. The number of benzene rings is 1. The zero-order valence-electron chi connectivity index (χ0n) is 21.1. The monoisotopic (exact) mass is 480 g/mol. The average molecular weight is 481 g/mol. The van der Waals surface area contributed by atoms with E-state index in [2.05, 4.69) is 44.0 Å². The first-order valence-corrected chi connectivity index (χ1v) is 12.4. The molecule has 0 saturated carbocycles. The standard InChI is InChI=1S/C26H36N6O3/c1-19-16-31(25-27-14-22(15-28-25)24(33)29(3)4)17-20(2)32(19)26(34)35-23-10-12-30(13-11-23)18-21-8-6-5-7-9-21/h5-9,14-15,19-20,23H,10-13,16-18H2,1-4H3/t19-,20+. The van der Waals surface area contributed by atoms with Crippen LogP contribution in [0.4, 0.5) is 10.7 Å². The fraction of sp³-hybridized carbons (Fsp3) is 0.538. The number of aromatic nitrogens is 2. The Morgan fingerprint density at radius 1 is 1.00 bits per heavy atom. The Morgan fingerprint density at radius 3 is 2.17 bits per heavy atom. The summed E-state index contributed by atoms with van der Waals surface area (Å²) in [5.41, 5.74) is 1.77. The SMILES string of the molecule is C[C@@H]1CN(c2ncc(C(=O)N(C)C)cn2)C[C@H](C)N1C(=O)OC1CCN(Cc2ccccc2)CC1. The Labute approximate surface area is 207 Å². The van der Waals surface area contributed by atoms with Crippen LogP contribution in [0.2, 0.25) is 0 Å². The quantitative estimate of drug-likeness (QED) is 0.651. The summed E-state index contributed by atoms with van der Waals surface area (Å²) in [7, 11) is 3.40. The molecule has 35 heavy (non-hydrogen) atoms. The summed E-state index contributed by atoms with van der Waals surface area (Å²) in [6, 6.07) is 10.4. The van der Waals surface area contributed by atoms with Crippen molar-refractivity contribution >= 4 is 17.9 Å². The first-order chi connectivity index (χ1) is 16.8. The molecule has 3 heterocycles. The van der Waals surface area contributed by atoms with Gasteiger partial charge in [-0.05, 0) is 32.3 Å². The average Bonchev–Trinajstić information content (AvgIpc) is 2.85. The third-order valence-electron chi connectivity index (χ3n) is 6.76. The molecule has 1 aromatic carbocycles. The number of amides is 2. The lowest BCUT2D eigenvalue weighted by molar-refractivity contribution is 0.00995. The Bertz CT molecular complexity index is 980. The van der Waals surface area contributed by atoms with Gasteiger partial charge in [0.1, 0.15) is 6.10 Å². The van der Waals surface area contributed by atoms with Crippen molar-refractivity contribution in [3.63, 3.8) is 0 Å². The number of carbonyl (C=O) groups is 2. The van der Waals surface area contributed by atoms with Gasteiger partial charge in [-0.1, -0.05) is 30.3 Å². The number of rotatable bonds is 5. The third kappa shape index (κ3) is 6.08. The topological polar surface area (TPSA) is 82.1 Å². The van der Waals surface area contributed by atoms with E-state index in [1.807, 2.05) is 24.8 Å². The zero-order valence-corrected chi connectivity index (χ0v) is 21.1. The lowest BCUT2D eigenvalue weighted by atomic mass is 10.1. The number of piperidine rings is 1. The van der Waals surface area contributed by atoms with Crippen molar-refractivity contribution in [3.8, 4) is 0 Å². The molecule has 2 atom stereocenters. The van der Waals surface area contributed by atoms with Crippen molar-refractivity contribution in [2.75, 3.05) is 45.2 Å². The predicted molar refractivity (Wildman–Crippen MR) is 134 cm³/mol. The molecule has 2 fully saturated rings. The van der Waals surface area contributed by atoms with Gasteiger partial charge >= 0.3 is 6.09 Å². The van der Waals surface area contributed by atoms with Gasteiger partial charge in [0.05, 0.1) is 17.6 Å². The molecular weight excluding hydrogens is 444 g/mol. The van der Waals surface area contributed by atoms with Crippen LogP contribution in [-0.4, -0.2) is 95.1 Å². The van der Waals surface area contributed by atoms with Crippen molar-refractivity contribution in [2.45, 2.75) is 51.4 Å². The van der Waals surface area contributed by atoms with E-state index < -0.39 is 0 Å². The molecule has 0 bridgehead atoms. The predicted octanol–water partition coefficient (Wildman–Crippen LogP) is 2.88. The maximum absolute atomic E-state index is 13.1. The first-order valence-electron chi connectivity index (χ1n) is 12.4. The van der Waals surface area contributed by atoms with E-state index in [9.17, 15) is 9.59 Å². The summed E-state index contributed by atoms with van der Waals surface area (Å²) < 4.78 is 5.94. The molecule has 2 aliphatic rings. The second-order valence-electron chi connectivity index (χ2n) is 9.83. The van der Waals surface area contributed by atoms with Crippen LogP contribution in [0, 0.1) is 0 Å². The van der Waals surface area contributed by atoms with Gasteiger partial charge in [0.15, 0.2) is 0 Å². The Morgan fingerprint density at radius 2 is 1.60 bits per heavy atom. The smallest absolute Gasteiger partial charge is 0.410 e. The van der Waals surface area contributed by atoms with Crippen molar-refractivity contribution in [1.29, 1.82) is 0 Å². The summed E-state index contributed by atoms with van der Waals surface area (Å²) in [6.45, 7) is 8.05. The number of likely N-dealkylation sites (tertiary alicyclic amines) is 1. The molecule has 2 saturated heterocycles. The number of hydrogen-bond donors (Lipinski definition) is 0. The van der Waals surface area contributed by atoms with Crippen molar-refractivity contribution in [1.82, 2.24) is 24.7 Å². The van der Waals surface area contributed by atoms with Gasteiger partial charge in [0.2, 0.25) is 5.95 Å². The van der Waals surface area contributed by atoms with Gasteiger partial charge in [-0.3, -0.25) is 14.6 Å². The van der Waals surface area contributed by atoms with Gasteiger partial charge in [-0.25, -0.2) is 14.8 Å². The number of piperazine rings is 1. The molecule has 0 N–H and O–H groups in total. The molecule has 0 radical (unpaired) electrons. The summed E-state index contributed by atoms with van der Waals surface area (Å²) >= 11 is 0. The van der Waals surface area contributed by atoms with Gasteiger partial charge in [-0.2, -0.15) is 0 Å². The number of hydrogen-bond acceptors (Lipinski definition) is 7. The van der Waals surface area contributed by atoms with Crippen LogP contribution in [0.3, 0.4) is 0 Å². The highest BCUT2D eigenvalue weighted by Gasteiger charge is 2.36. The second kappa shape index (κ2) is 11.0. The van der Waals surface area contributed by atoms with Crippen LogP contribution in [0.5, 0.6) is 0 Å². The molecule has 4 rings (SSSR count). The maximum Gasteiger partial charge on any atom is 0.410 e. The van der Waals surface area contributed by atoms with E-state index in [0.717, 1.165) is 32.5 Å². The Balaban J connectivity index is 1.28. The lowest BCUT2D eigenvalue weighted by Crippen LogP contribution is -2.59. The van der Waals surface area contributed by atoms with E-state index in [4.69, 9.17) is 4.74 Å². The number of ether oxygens (including phenoxy) is 1. The Kier molecular flexibility index (Phi) is 7.85. The number of carbonyl (C=O) groups excluding carboxylic acids is 2. The van der Waals surface area contributed by atoms with Crippen LogP contribution < -0.4 is 4.90 Å². The highest BCUT2D eigenvalue weighted by molar-refractivity contribution is 5.93. The minimum Gasteiger partial charge on any atom is -0.446 e. The number of anilines is 1. The molecule has 0 unspecified atom stereocenters. The minimum atomic E-state index is -0.237. The van der Waals surface area contributed by atoms with E-state index in [1.165, 1.54) is 10.5 Å². The first kappa shape index (κ1) is 24.9. The highest BCUT2D eigenvalue weighted by Crippen LogP contribution is 2.23. The van der Waals surface area contributed by atoms with E-state index >= 15 is 0 Å². The van der Waals surface area contributed by atoms with Gasteiger partial charge in [-0.15, -0.1) is 0 Å². The molecule has 0 spiro atoms. The molecule has 2 amide bonds. The summed E-state index contributed by atoms with van der Waals surface area (Å²) in [6.07, 6.45) is 4.55. The van der Waals surface area contributed by atoms with E-state index in [0.29, 0.717) is 24.6 Å². The summed E-state index contributed by atoms with van der Waals surface area (Å²) in [5.74, 6) is 0.439. The van der Waals surface area contributed by atoms with Crippen LogP contribution in [0.1, 0.15) is 42.6 Å². The van der Waals surface area contributed by atoms with Crippen molar-refractivity contribution in [2.24, 2.45) is 0 Å². The van der Waals surface area contributed by atoms with Crippen LogP contribution in [0.25, 0.3) is 0 Å². The van der Waals surface area contributed by atoms with Gasteiger partial charge in [0, 0.05) is 59.2 Å². The minimum absolute atomic E-state index is 0.0444. The molecule has 188 valence electrons. The normalized spacial score (nSPS) is 21.6. The highest BCUT2D eigenvalue weighted by atomic mass is 16.6. The third-order valence-corrected chi connectivity index (χ3v) is 6.76. The van der Waals surface area contributed by atoms with Crippen molar-refractivity contribution < 1.29 is 14.3 Å². The van der Waals surface area contributed by atoms with Crippen LogP contribution in [-0.2, 0) is 11.3 Å². The fourth-order valence-corrected chi connectivity index (χ4v) is 4.93. The number of nitrogens with zero attached hydrogens (tertiary/aromatic N) is 6. The molecule has 1 aromatic heterocycles. The largest absolute Gasteiger partial charge is 0.446 e. The molecule has 0 aliphatic carbocycles. The molecule has 9 nitrogen and oxygen atoms in total. The van der Waals surface area contributed by atoms with Gasteiger partial charge in [0.25, 0.3) is 5.91 Å². The fourth-order valence-electron chi connectivity index (χ4n) is 4.93. The summed E-state index contributed by atoms with van der Waals surface area (Å²) in [4.78, 5) is 41.8. The lowest BCUT2D eigenvalue weighted by Gasteiger charge is -2.44. The van der Waals surface area contributed by atoms with Crippen LogP contribution in [0.15, 0.2) is 42.7 Å². The molecule has 9 heteroatoms. The molecule has 2 aromatic rings. The zero-order chi connectivity index (χ0) is 24.9. The van der Waals surface area contributed by atoms with Crippen LogP contribution >= 0.6 is 0 Å². The maximum atomic E-state index is 13.1. The van der Waals surface area contributed by atoms with E-state index in [-0.39, 0.29) is 30.2 Å². The van der Waals surface area contributed by atoms with Gasteiger partial charge < -0.3 is 14.5 Å². The van der Waals surface area contributed by atoms with E-state index in [1.54, 1.807) is 26.5 Å². The molecule has 2 aliphatic heterocycles. The van der Waals surface area contributed by atoms with Crippen molar-refractivity contribution in [3.05, 3.63) is 53.9 Å². The Hall–Kier alpha value is -3.20. The molecular formula is C26H36N6O3. The summed E-state index contributed by atoms with van der Waals surface area (Å²) in [5, 5.41) is 0.